The van der Waals surface area contributed by atoms with E-state index in [0.717, 1.165) is 15.8 Å². The third-order valence-corrected chi connectivity index (χ3v) is 4.32. The number of amides is 2. The van der Waals surface area contributed by atoms with Crippen LogP contribution < -0.4 is 10.6 Å². The van der Waals surface area contributed by atoms with Gasteiger partial charge in [-0.2, -0.15) is 0 Å². The summed E-state index contributed by atoms with van der Waals surface area (Å²) in [5.74, 6) is -0.244. The first-order chi connectivity index (χ1) is 10.3. The topological polar surface area (TPSA) is 71.1 Å². The van der Waals surface area contributed by atoms with Crippen LogP contribution in [0.4, 0.5) is 0 Å². The fourth-order valence-corrected chi connectivity index (χ4v) is 3.15. The number of fused-ring (bicyclic) bond motifs is 1. The van der Waals surface area contributed by atoms with Crippen molar-refractivity contribution in [3.05, 3.63) is 28.3 Å². The molecule has 0 aliphatic carbocycles. The molecule has 2 rings (SSSR count). The van der Waals surface area contributed by atoms with Gasteiger partial charge in [0.05, 0.1) is 10.4 Å². The number of pyridine rings is 1. The molecule has 6 heteroatoms. The van der Waals surface area contributed by atoms with Crippen LogP contribution in [0.1, 0.15) is 53.3 Å². The van der Waals surface area contributed by atoms with Gasteiger partial charge in [-0.25, -0.2) is 4.98 Å². The van der Waals surface area contributed by atoms with Crippen molar-refractivity contribution in [2.75, 3.05) is 0 Å². The van der Waals surface area contributed by atoms with Gasteiger partial charge in [0.15, 0.2) is 0 Å². The largest absolute Gasteiger partial charge is 0.350 e. The number of thiophene rings is 1. The Hall–Kier alpha value is -1.95. The van der Waals surface area contributed by atoms with Crippen molar-refractivity contribution in [1.82, 2.24) is 15.6 Å². The van der Waals surface area contributed by atoms with Crippen LogP contribution in [0.5, 0.6) is 0 Å². The Balaban J connectivity index is 2.39. The van der Waals surface area contributed by atoms with Crippen molar-refractivity contribution >= 4 is 33.4 Å². The normalized spacial score (nSPS) is 11.2. The molecule has 2 aromatic heterocycles. The second-order valence-electron chi connectivity index (χ2n) is 5.89. The zero-order valence-corrected chi connectivity index (χ0v) is 14.3. The summed E-state index contributed by atoms with van der Waals surface area (Å²) in [6.45, 7) is 9.56. The zero-order valence-electron chi connectivity index (χ0n) is 13.5. The highest BCUT2D eigenvalue weighted by atomic mass is 32.1. The summed E-state index contributed by atoms with van der Waals surface area (Å²) in [7, 11) is 0. The van der Waals surface area contributed by atoms with Gasteiger partial charge in [0.2, 0.25) is 0 Å². The molecule has 2 amide bonds. The summed E-state index contributed by atoms with van der Waals surface area (Å²) in [6.07, 6.45) is 1.56. The molecule has 0 aromatic carbocycles. The zero-order chi connectivity index (χ0) is 16.4. The van der Waals surface area contributed by atoms with Crippen LogP contribution in [0.15, 0.2) is 12.3 Å². The molecule has 5 nitrogen and oxygen atoms in total. The number of nitrogens with zero attached hydrogens (tertiary/aromatic N) is 1. The van der Waals surface area contributed by atoms with Gasteiger partial charge in [-0.3, -0.25) is 9.59 Å². The van der Waals surface area contributed by atoms with Crippen LogP contribution in [0, 0.1) is 6.92 Å². The number of aryl methyl sites for hydroxylation is 1. The minimum absolute atomic E-state index is 0.0687. The molecule has 2 N–H and O–H groups in total. The Bertz CT molecular complexity index is 719. The first-order valence-corrected chi connectivity index (χ1v) is 8.12. The molecule has 0 bridgehead atoms. The quantitative estimate of drug-likeness (QED) is 0.910. The van der Waals surface area contributed by atoms with Gasteiger partial charge in [-0.1, -0.05) is 0 Å². The van der Waals surface area contributed by atoms with E-state index in [1.807, 2.05) is 34.6 Å². The van der Waals surface area contributed by atoms with E-state index in [9.17, 15) is 9.59 Å². The monoisotopic (exact) mass is 319 g/mol. The van der Waals surface area contributed by atoms with E-state index in [4.69, 9.17) is 0 Å². The van der Waals surface area contributed by atoms with Gasteiger partial charge in [0.25, 0.3) is 11.8 Å². The summed E-state index contributed by atoms with van der Waals surface area (Å²) in [4.78, 5) is 30.0. The van der Waals surface area contributed by atoms with Crippen LogP contribution in [-0.4, -0.2) is 28.9 Å². The molecule has 0 unspecified atom stereocenters. The van der Waals surface area contributed by atoms with Crippen molar-refractivity contribution in [3.8, 4) is 0 Å². The lowest BCUT2D eigenvalue weighted by Gasteiger charge is -2.08. The predicted octanol–water partition coefficient (Wildman–Crippen LogP) is 2.88. The molecule has 2 aromatic rings. The lowest BCUT2D eigenvalue weighted by atomic mass is 10.1. The standard InChI is InChI=1S/C16H21N3O2S/c1-8(2)18-14(20)11-6-12-10(5)13(15(21)19-9(3)4)22-16(12)17-7-11/h6-9H,1-5H3,(H,18,20)(H,19,21). The molecular weight excluding hydrogens is 298 g/mol. The van der Waals surface area contributed by atoms with Gasteiger partial charge >= 0.3 is 0 Å². The molecule has 0 aliphatic heterocycles. The van der Waals surface area contributed by atoms with Gasteiger partial charge < -0.3 is 10.6 Å². The molecule has 22 heavy (non-hydrogen) atoms. The number of aromatic nitrogens is 1. The molecule has 0 saturated carbocycles. The molecule has 0 fully saturated rings. The van der Waals surface area contributed by atoms with Gasteiger partial charge in [-0.15, -0.1) is 11.3 Å². The van der Waals surface area contributed by atoms with Crippen LogP contribution in [0.25, 0.3) is 10.2 Å². The smallest absolute Gasteiger partial charge is 0.261 e. The maximum absolute atomic E-state index is 12.2. The highest BCUT2D eigenvalue weighted by Crippen LogP contribution is 2.29. The number of nitrogens with one attached hydrogen (secondary N) is 2. The van der Waals surface area contributed by atoms with E-state index >= 15 is 0 Å². The average Bonchev–Trinajstić information content (AvgIpc) is 2.74. The van der Waals surface area contributed by atoms with Crippen molar-refractivity contribution in [2.24, 2.45) is 0 Å². The summed E-state index contributed by atoms with van der Waals surface area (Å²) < 4.78 is 0. The molecule has 0 spiro atoms. The number of hydrogen-bond donors (Lipinski definition) is 2. The van der Waals surface area contributed by atoms with Crippen molar-refractivity contribution in [2.45, 2.75) is 46.7 Å². The average molecular weight is 319 g/mol. The van der Waals surface area contributed by atoms with Crippen LogP contribution in [0.3, 0.4) is 0 Å². The summed E-state index contributed by atoms with van der Waals surface area (Å²) in [5, 5.41) is 6.59. The lowest BCUT2D eigenvalue weighted by molar-refractivity contribution is 0.0936. The highest BCUT2D eigenvalue weighted by molar-refractivity contribution is 7.20. The Morgan fingerprint density at radius 2 is 1.68 bits per heavy atom. The molecule has 0 atom stereocenters. The Labute approximate surface area is 134 Å². The maximum atomic E-state index is 12.2. The van der Waals surface area contributed by atoms with E-state index in [1.165, 1.54) is 11.3 Å². The third-order valence-electron chi connectivity index (χ3n) is 3.10. The Morgan fingerprint density at radius 3 is 2.27 bits per heavy atom. The van der Waals surface area contributed by atoms with Crippen LogP contribution in [-0.2, 0) is 0 Å². The molecule has 0 saturated heterocycles. The molecular formula is C16H21N3O2S. The summed E-state index contributed by atoms with van der Waals surface area (Å²) in [6, 6.07) is 1.95. The maximum Gasteiger partial charge on any atom is 0.261 e. The van der Waals surface area contributed by atoms with E-state index in [1.54, 1.807) is 12.3 Å². The van der Waals surface area contributed by atoms with E-state index in [-0.39, 0.29) is 23.9 Å². The highest BCUT2D eigenvalue weighted by Gasteiger charge is 2.18. The third kappa shape index (κ3) is 3.44. The van der Waals surface area contributed by atoms with Gasteiger partial charge in [0, 0.05) is 23.7 Å². The number of hydrogen-bond acceptors (Lipinski definition) is 4. The fraction of sp³-hybridized carbons (Fsp3) is 0.438. The first-order valence-electron chi connectivity index (χ1n) is 7.30. The summed E-state index contributed by atoms with van der Waals surface area (Å²) >= 11 is 1.35. The predicted molar refractivity (Wildman–Crippen MR) is 89.6 cm³/mol. The van der Waals surface area contributed by atoms with Crippen molar-refractivity contribution in [1.29, 1.82) is 0 Å². The molecule has 0 radical (unpaired) electrons. The lowest BCUT2D eigenvalue weighted by Crippen LogP contribution is -2.30. The van der Waals surface area contributed by atoms with Gasteiger partial charge in [0.1, 0.15) is 4.83 Å². The minimum atomic E-state index is -0.150. The first kappa shape index (κ1) is 16.4. The second kappa shape index (κ2) is 6.44. The van der Waals surface area contributed by atoms with E-state index in [2.05, 4.69) is 15.6 Å². The van der Waals surface area contributed by atoms with E-state index in [0.29, 0.717) is 10.4 Å². The van der Waals surface area contributed by atoms with Crippen LogP contribution in [0.2, 0.25) is 0 Å². The van der Waals surface area contributed by atoms with Crippen LogP contribution >= 0.6 is 11.3 Å². The SMILES string of the molecule is Cc1c(C(=O)NC(C)C)sc2ncc(C(=O)NC(C)C)cc12. The van der Waals surface area contributed by atoms with Gasteiger partial charge in [-0.05, 0) is 46.2 Å². The molecule has 2 heterocycles. The number of rotatable bonds is 4. The Morgan fingerprint density at radius 1 is 1.09 bits per heavy atom. The number of carbonyl (C=O) groups is 2. The summed E-state index contributed by atoms with van der Waals surface area (Å²) in [5.41, 5.74) is 1.38. The molecule has 118 valence electrons. The van der Waals surface area contributed by atoms with Crippen molar-refractivity contribution in [3.63, 3.8) is 0 Å². The number of carbonyl (C=O) groups excluding carboxylic acids is 2. The van der Waals surface area contributed by atoms with Crippen molar-refractivity contribution < 1.29 is 9.59 Å². The fourth-order valence-electron chi connectivity index (χ4n) is 2.11. The minimum Gasteiger partial charge on any atom is -0.350 e. The second-order valence-corrected chi connectivity index (χ2v) is 6.89. The molecule has 0 aliphatic rings. The Kier molecular flexibility index (Phi) is 4.81. The van der Waals surface area contributed by atoms with E-state index < -0.39 is 0 Å².